The maximum Gasteiger partial charge on any atom is 0.208 e. The third-order valence-corrected chi connectivity index (χ3v) is 3.88. The molecule has 102 valence electrons. The Labute approximate surface area is 118 Å². The van der Waals surface area contributed by atoms with E-state index in [1.807, 2.05) is 0 Å². The van der Waals surface area contributed by atoms with E-state index in [0.29, 0.717) is 6.61 Å². The van der Waals surface area contributed by atoms with Gasteiger partial charge in [-0.1, -0.05) is 29.5 Å². The maximum absolute atomic E-state index is 5.17. The minimum Gasteiger partial charge on any atom is -0.383 e. The van der Waals surface area contributed by atoms with Crippen molar-refractivity contribution in [3.05, 3.63) is 40.4 Å². The van der Waals surface area contributed by atoms with Gasteiger partial charge in [0.05, 0.1) is 6.61 Å². The Morgan fingerprint density at radius 2 is 2.11 bits per heavy atom. The van der Waals surface area contributed by atoms with Gasteiger partial charge in [-0.3, -0.25) is 0 Å². The zero-order valence-corrected chi connectivity index (χ0v) is 12.4. The summed E-state index contributed by atoms with van der Waals surface area (Å²) in [4.78, 5) is 2.20. The van der Waals surface area contributed by atoms with Crippen LogP contribution in [0.2, 0.25) is 0 Å². The van der Waals surface area contributed by atoms with Crippen molar-refractivity contribution >= 4 is 16.5 Å². The van der Waals surface area contributed by atoms with Gasteiger partial charge >= 0.3 is 0 Å². The van der Waals surface area contributed by atoms with Crippen LogP contribution in [0.3, 0.4) is 0 Å². The number of hydrogen-bond acceptors (Lipinski definition) is 5. The SMILES string of the molecule is COCCN(Cc1ccc(C)c(C)c1)c1nncs1. The van der Waals surface area contributed by atoms with Crippen molar-refractivity contribution in [1.29, 1.82) is 0 Å². The van der Waals surface area contributed by atoms with Crippen LogP contribution >= 0.6 is 11.3 Å². The van der Waals surface area contributed by atoms with Gasteiger partial charge in [-0.15, -0.1) is 10.2 Å². The van der Waals surface area contributed by atoms with Crippen LogP contribution in [0.5, 0.6) is 0 Å². The van der Waals surface area contributed by atoms with Crippen molar-refractivity contribution < 1.29 is 4.74 Å². The predicted molar refractivity (Wildman–Crippen MR) is 78.8 cm³/mol. The van der Waals surface area contributed by atoms with E-state index < -0.39 is 0 Å². The number of benzene rings is 1. The van der Waals surface area contributed by atoms with Gasteiger partial charge in [0.1, 0.15) is 5.51 Å². The molecule has 0 spiro atoms. The zero-order chi connectivity index (χ0) is 13.7. The molecule has 4 nitrogen and oxygen atoms in total. The summed E-state index contributed by atoms with van der Waals surface area (Å²) in [5.41, 5.74) is 5.69. The van der Waals surface area contributed by atoms with Crippen LogP contribution in [0.25, 0.3) is 0 Å². The molecule has 2 rings (SSSR count). The van der Waals surface area contributed by atoms with Crippen LogP contribution in [0, 0.1) is 13.8 Å². The largest absolute Gasteiger partial charge is 0.383 e. The number of ether oxygens (including phenoxy) is 1. The first-order chi connectivity index (χ1) is 9.20. The Morgan fingerprint density at radius 1 is 1.26 bits per heavy atom. The van der Waals surface area contributed by atoms with E-state index in [1.165, 1.54) is 16.7 Å². The Kier molecular flexibility index (Phi) is 4.87. The van der Waals surface area contributed by atoms with Gasteiger partial charge in [-0.05, 0) is 30.5 Å². The summed E-state index contributed by atoms with van der Waals surface area (Å²) in [5.74, 6) is 0. The molecule has 0 saturated heterocycles. The summed E-state index contributed by atoms with van der Waals surface area (Å²) in [5, 5.41) is 9.00. The second-order valence-corrected chi connectivity index (χ2v) is 5.37. The number of rotatable bonds is 6. The first kappa shape index (κ1) is 14.0. The molecule has 0 saturated carbocycles. The van der Waals surface area contributed by atoms with Crippen LogP contribution in [-0.2, 0) is 11.3 Å². The first-order valence-electron chi connectivity index (χ1n) is 6.27. The second kappa shape index (κ2) is 6.63. The molecule has 0 bridgehead atoms. The molecule has 0 atom stereocenters. The molecule has 1 aromatic carbocycles. The van der Waals surface area contributed by atoms with Gasteiger partial charge < -0.3 is 9.64 Å². The number of aryl methyl sites for hydroxylation is 2. The fourth-order valence-electron chi connectivity index (χ4n) is 1.87. The fraction of sp³-hybridized carbons (Fsp3) is 0.429. The summed E-state index contributed by atoms with van der Waals surface area (Å²) in [6, 6.07) is 6.57. The highest BCUT2D eigenvalue weighted by molar-refractivity contribution is 7.13. The van der Waals surface area contributed by atoms with Crippen molar-refractivity contribution in [2.75, 3.05) is 25.2 Å². The van der Waals surface area contributed by atoms with Gasteiger partial charge in [0, 0.05) is 20.2 Å². The van der Waals surface area contributed by atoms with E-state index in [0.717, 1.165) is 18.2 Å². The molecular formula is C14H19N3OS. The third kappa shape index (κ3) is 3.75. The highest BCUT2D eigenvalue weighted by Crippen LogP contribution is 2.19. The van der Waals surface area contributed by atoms with E-state index >= 15 is 0 Å². The molecule has 0 amide bonds. The lowest BCUT2D eigenvalue weighted by atomic mass is 10.1. The molecule has 0 radical (unpaired) electrons. The summed E-state index contributed by atoms with van der Waals surface area (Å²) in [6.07, 6.45) is 0. The molecule has 0 aliphatic heterocycles. The van der Waals surface area contributed by atoms with E-state index in [1.54, 1.807) is 24.0 Å². The highest BCUT2D eigenvalue weighted by atomic mass is 32.1. The second-order valence-electron chi connectivity index (χ2n) is 4.55. The van der Waals surface area contributed by atoms with Crippen molar-refractivity contribution in [1.82, 2.24) is 10.2 Å². The lowest BCUT2D eigenvalue weighted by Crippen LogP contribution is -2.26. The molecule has 0 aliphatic carbocycles. The third-order valence-electron chi connectivity index (χ3n) is 3.13. The predicted octanol–water partition coefficient (Wildman–Crippen LogP) is 2.81. The van der Waals surface area contributed by atoms with Gasteiger partial charge in [0.15, 0.2) is 0 Å². The van der Waals surface area contributed by atoms with E-state index in [-0.39, 0.29) is 0 Å². The van der Waals surface area contributed by atoms with Gasteiger partial charge in [0.2, 0.25) is 5.13 Å². The average molecular weight is 277 g/mol. The number of anilines is 1. The smallest absolute Gasteiger partial charge is 0.208 e. The molecule has 0 unspecified atom stereocenters. The Morgan fingerprint density at radius 3 is 2.74 bits per heavy atom. The minimum absolute atomic E-state index is 0.685. The molecule has 2 aromatic rings. The van der Waals surface area contributed by atoms with Gasteiger partial charge in [0.25, 0.3) is 0 Å². The molecule has 0 aliphatic rings. The lowest BCUT2D eigenvalue weighted by Gasteiger charge is -2.21. The molecular weight excluding hydrogens is 258 g/mol. The molecule has 19 heavy (non-hydrogen) atoms. The van der Waals surface area contributed by atoms with Crippen LogP contribution in [0.1, 0.15) is 16.7 Å². The number of hydrogen-bond donors (Lipinski definition) is 0. The monoisotopic (exact) mass is 277 g/mol. The van der Waals surface area contributed by atoms with Crippen LogP contribution in [0.4, 0.5) is 5.13 Å². The van der Waals surface area contributed by atoms with Gasteiger partial charge in [-0.25, -0.2) is 0 Å². The molecule has 0 N–H and O–H groups in total. The first-order valence-corrected chi connectivity index (χ1v) is 7.15. The topological polar surface area (TPSA) is 38.2 Å². The molecule has 1 heterocycles. The van der Waals surface area contributed by atoms with Gasteiger partial charge in [-0.2, -0.15) is 0 Å². The fourth-order valence-corrected chi connectivity index (χ4v) is 2.46. The Bertz CT molecular complexity index is 513. The standard InChI is InChI=1S/C14H19N3OS/c1-11-4-5-13(8-12(11)2)9-17(6-7-18-3)14-16-15-10-19-14/h4-5,8,10H,6-7,9H2,1-3H3. The summed E-state index contributed by atoms with van der Waals surface area (Å²) in [6.45, 7) is 6.61. The highest BCUT2D eigenvalue weighted by Gasteiger charge is 2.10. The van der Waals surface area contributed by atoms with Crippen molar-refractivity contribution in [3.8, 4) is 0 Å². The summed E-state index contributed by atoms with van der Waals surface area (Å²) in [7, 11) is 1.72. The van der Waals surface area contributed by atoms with Crippen molar-refractivity contribution in [2.24, 2.45) is 0 Å². The van der Waals surface area contributed by atoms with Crippen molar-refractivity contribution in [2.45, 2.75) is 20.4 Å². The Balaban J connectivity index is 2.13. The normalized spacial score (nSPS) is 10.7. The van der Waals surface area contributed by atoms with Crippen LogP contribution in [0.15, 0.2) is 23.7 Å². The minimum atomic E-state index is 0.685. The lowest BCUT2D eigenvalue weighted by molar-refractivity contribution is 0.205. The number of nitrogens with zero attached hydrogens (tertiary/aromatic N) is 3. The van der Waals surface area contributed by atoms with E-state index in [2.05, 4.69) is 47.1 Å². The van der Waals surface area contributed by atoms with Crippen LogP contribution in [-0.4, -0.2) is 30.5 Å². The maximum atomic E-state index is 5.17. The van der Waals surface area contributed by atoms with Crippen molar-refractivity contribution in [3.63, 3.8) is 0 Å². The zero-order valence-electron chi connectivity index (χ0n) is 11.6. The van der Waals surface area contributed by atoms with E-state index in [9.17, 15) is 0 Å². The number of aromatic nitrogens is 2. The summed E-state index contributed by atoms with van der Waals surface area (Å²) < 4.78 is 5.17. The number of methoxy groups -OCH3 is 1. The molecule has 0 fully saturated rings. The molecule has 1 aromatic heterocycles. The molecule has 5 heteroatoms. The quantitative estimate of drug-likeness (QED) is 0.814. The van der Waals surface area contributed by atoms with E-state index in [4.69, 9.17) is 4.74 Å². The Hall–Kier alpha value is -1.46. The average Bonchev–Trinajstić information content (AvgIpc) is 2.92. The van der Waals surface area contributed by atoms with Crippen LogP contribution < -0.4 is 4.90 Å². The summed E-state index contributed by atoms with van der Waals surface area (Å²) >= 11 is 1.56.